The fourth-order valence-electron chi connectivity index (χ4n) is 1.81. The van der Waals surface area contributed by atoms with Gasteiger partial charge in [0.15, 0.2) is 0 Å². The van der Waals surface area contributed by atoms with Crippen LogP contribution in [0.25, 0.3) is 0 Å². The summed E-state index contributed by atoms with van der Waals surface area (Å²) < 4.78 is 5.08. The molecule has 86 valence electrons. The van der Waals surface area contributed by atoms with Gasteiger partial charge in [-0.25, -0.2) is 4.79 Å². The molecule has 2 amide bonds. The molecule has 1 aromatic carbocycles. The number of carbonyl (C=O) groups is 1. The predicted molar refractivity (Wildman–Crippen MR) is 61.9 cm³/mol. The number of likely N-dealkylation sites (N-methyl/N-ethyl adjacent to an activating group) is 1. The topological polar surface area (TPSA) is 41.6 Å². The van der Waals surface area contributed by atoms with Crippen LogP contribution in [0.4, 0.5) is 4.79 Å². The number of carbonyl (C=O) groups excluding carboxylic acids is 1. The molecular weight excluding hydrogens is 228 g/mol. The first-order valence-electron chi connectivity index (χ1n) is 4.97. The molecule has 4 nitrogen and oxygen atoms in total. The van der Waals surface area contributed by atoms with Gasteiger partial charge in [0.1, 0.15) is 5.75 Å². The van der Waals surface area contributed by atoms with Crippen molar-refractivity contribution in [3.63, 3.8) is 0 Å². The molecule has 1 fully saturated rings. The average molecular weight is 241 g/mol. The Morgan fingerprint density at radius 2 is 2.31 bits per heavy atom. The molecule has 1 heterocycles. The molecule has 0 saturated carbocycles. The fourth-order valence-corrected chi connectivity index (χ4v) is 2.11. The monoisotopic (exact) mass is 240 g/mol. The van der Waals surface area contributed by atoms with E-state index in [9.17, 15) is 4.79 Å². The molecule has 1 aliphatic rings. The highest BCUT2D eigenvalue weighted by Gasteiger charge is 2.29. The van der Waals surface area contributed by atoms with Gasteiger partial charge in [0, 0.05) is 18.6 Å². The van der Waals surface area contributed by atoms with E-state index in [1.807, 2.05) is 12.1 Å². The number of rotatable bonds is 2. The Hall–Kier alpha value is -1.42. The normalized spacial score (nSPS) is 19.8. The smallest absolute Gasteiger partial charge is 0.317 e. The van der Waals surface area contributed by atoms with Crippen molar-refractivity contribution in [1.82, 2.24) is 10.2 Å². The first kappa shape index (κ1) is 11.1. The summed E-state index contributed by atoms with van der Waals surface area (Å²) in [5, 5.41) is 3.39. The number of nitrogens with zero attached hydrogens (tertiary/aromatic N) is 1. The Bertz CT molecular complexity index is 422. The van der Waals surface area contributed by atoms with Crippen molar-refractivity contribution in [3.05, 3.63) is 28.8 Å². The van der Waals surface area contributed by atoms with Gasteiger partial charge in [-0.1, -0.05) is 17.7 Å². The van der Waals surface area contributed by atoms with Gasteiger partial charge in [-0.15, -0.1) is 0 Å². The van der Waals surface area contributed by atoms with E-state index in [2.05, 4.69) is 5.32 Å². The van der Waals surface area contributed by atoms with Gasteiger partial charge >= 0.3 is 6.03 Å². The largest absolute Gasteiger partial charge is 0.497 e. The van der Waals surface area contributed by atoms with Gasteiger partial charge in [-0.3, -0.25) is 0 Å². The Labute approximate surface area is 99.1 Å². The second-order valence-corrected chi connectivity index (χ2v) is 4.11. The molecule has 5 heteroatoms. The zero-order valence-electron chi connectivity index (χ0n) is 9.16. The van der Waals surface area contributed by atoms with E-state index in [-0.39, 0.29) is 12.1 Å². The number of benzene rings is 1. The average Bonchev–Trinajstić information content (AvgIpc) is 2.60. The van der Waals surface area contributed by atoms with Crippen LogP contribution in [0.3, 0.4) is 0 Å². The summed E-state index contributed by atoms with van der Waals surface area (Å²) >= 11 is 6.16. The van der Waals surface area contributed by atoms with Crippen molar-refractivity contribution >= 4 is 17.6 Å². The van der Waals surface area contributed by atoms with Crippen molar-refractivity contribution in [2.45, 2.75) is 6.04 Å². The van der Waals surface area contributed by atoms with Crippen molar-refractivity contribution in [2.24, 2.45) is 0 Å². The summed E-state index contributed by atoms with van der Waals surface area (Å²) in [5.41, 5.74) is 0.934. The zero-order chi connectivity index (χ0) is 11.7. The van der Waals surface area contributed by atoms with Crippen LogP contribution in [0.1, 0.15) is 11.6 Å². The summed E-state index contributed by atoms with van der Waals surface area (Å²) in [5.74, 6) is 0.716. The third kappa shape index (κ3) is 1.80. The lowest BCUT2D eigenvalue weighted by molar-refractivity contribution is 0.217. The zero-order valence-corrected chi connectivity index (χ0v) is 9.91. The molecule has 0 spiro atoms. The maximum atomic E-state index is 11.3. The molecule has 1 aliphatic heterocycles. The van der Waals surface area contributed by atoms with Crippen LogP contribution in [0.15, 0.2) is 18.2 Å². The molecule has 0 aromatic heterocycles. The Morgan fingerprint density at radius 1 is 1.56 bits per heavy atom. The highest BCUT2D eigenvalue weighted by molar-refractivity contribution is 6.31. The lowest BCUT2D eigenvalue weighted by Gasteiger charge is -2.19. The van der Waals surface area contributed by atoms with Gasteiger partial charge < -0.3 is 15.0 Å². The molecule has 0 radical (unpaired) electrons. The molecule has 0 aliphatic carbocycles. The minimum atomic E-state index is -0.0723. The number of urea groups is 1. The number of hydrogen-bond donors (Lipinski definition) is 1. The van der Waals surface area contributed by atoms with Gasteiger partial charge in [0.25, 0.3) is 0 Å². The van der Waals surface area contributed by atoms with Gasteiger partial charge in [0.2, 0.25) is 0 Å². The first-order valence-corrected chi connectivity index (χ1v) is 5.35. The van der Waals surface area contributed by atoms with E-state index in [0.29, 0.717) is 17.3 Å². The van der Waals surface area contributed by atoms with Crippen molar-refractivity contribution in [2.75, 3.05) is 20.7 Å². The summed E-state index contributed by atoms with van der Waals surface area (Å²) in [4.78, 5) is 13.0. The van der Waals surface area contributed by atoms with Crippen LogP contribution in [-0.2, 0) is 0 Å². The molecule has 1 aromatic rings. The van der Waals surface area contributed by atoms with Gasteiger partial charge in [0.05, 0.1) is 13.2 Å². The SMILES string of the molecule is COc1ccc(C2CNC(=O)N2C)c(Cl)c1. The van der Waals surface area contributed by atoms with Crippen LogP contribution in [0.5, 0.6) is 5.75 Å². The molecule has 1 atom stereocenters. The van der Waals surface area contributed by atoms with Crippen LogP contribution in [0, 0.1) is 0 Å². The summed E-state index contributed by atoms with van der Waals surface area (Å²) in [6, 6.07) is 5.41. The van der Waals surface area contributed by atoms with E-state index in [1.54, 1.807) is 25.1 Å². The Kier molecular flexibility index (Phi) is 2.92. The molecule has 0 bridgehead atoms. The summed E-state index contributed by atoms with van der Waals surface area (Å²) in [6.07, 6.45) is 0. The number of hydrogen-bond acceptors (Lipinski definition) is 2. The number of nitrogens with one attached hydrogen (secondary N) is 1. The molecule has 1 unspecified atom stereocenters. The third-order valence-electron chi connectivity index (χ3n) is 2.80. The van der Waals surface area contributed by atoms with E-state index < -0.39 is 0 Å². The molecular formula is C11H13ClN2O2. The number of methoxy groups -OCH3 is 1. The lowest BCUT2D eigenvalue weighted by Crippen LogP contribution is -2.25. The maximum absolute atomic E-state index is 11.3. The Morgan fingerprint density at radius 3 is 2.81 bits per heavy atom. The van der Waals surface area contributed by atoms with Gasteiger partial charge in [-0.05, 0) is 17.7 Å². The highest BCUT2D eigenvalue weighted by Crippen LogP contribution is 2.31. The van der Waals surface area contributed by atoms with E-state index in [0.717, 1.165) is 5.56 Å². The quantitative estimate of drug-likeness (QED) is 0.860. The maximum Gasteiger partial charge on any atom is 0.317 e. The van der Waals surface area contributed by atoms with Crippen LogP contribution < -0.4 is 10.1 Å². The second-order valence-electron chi connectivity index (χ2n) is 3.70. The second kappa shape index (κ2) is 4.22. The van der Waals surface area contributed by atoms with Crippen molar-refractivity contribution in [3.8, 4) is 5.75 Å². The van der Waals surface area contributed by atoms with Crippen LogP contribution >= 0.6 is 11.6 Å². The Balaban J connectivity index is 2.31. The van der Waals surface area contributed by atoms with Crippen LogP contribution in [-0.4, -0.2) is 31.6 Å². The lowest BCUT2D eigenvalue weighted by atomic mass is 10.1. The fraction of sp³-hybridized carbons (Fsp3) is 0.364. The number of amides is 2. The first-order chi connectivity index (χ1) is 7.63. The predicted octanol–water partition coefficient (Wildman–Crippen LogP) is 2.04. The molecule has 1 saturated heterocycles. The third-order valence-corrected chi connectivity index (χ3v) is 3.13. The van der Waals surface area contributed by atoms with Crippen LogP contribution in [0.2, 0.25) is 5.02 Å². The number of ether oxygens (including phenoxy) is 1. The molecule has 16 heavy (non-hydrogen) atoms. The van der Waals surface area contributed by atoms with Crippen molar-refractivity contribution in [1.29, 1.82) is 0 Å². The molecule has 1 N–H and O–H groups in total. The van der Waals surface area contributed by atoms with E-state index in [1.165, 1.54) is 0 Å². The summed E-state index contributed by atoms with van der Waals surface area (Å²) in [7, 11) is 3.35. The standard InChI is InChI=1S/C11H13ClN2O2/c1-14-10(6-13-11(14)15)8-4-3-7(16-2)5-9(8)12/h3-5,10H,6H2,1-2H3,(H,13,15). The highest BCUT2D eigenvalue weighted by atomic mass is 35.5. The summed E-state index contributed by atoms with van der Waals surface area (Å²) in [6.45, 7) is 0.585. The van der Waals surface area contributed by atoms with Crippen molar-refractivity contribution < 1.29 is 9.53 Å². The number of halogens is 1. The minimum Gasteiger partial charge on any atom is -0.497 e. The van der Waals surface area contributed by atoms with E-state index in [4.69, 9.17) is 16.3 Å². The van der Waals surface area contributed by atoms with E-state index >= 15 is 0 Å². The molecule has 2 rings (SSSR count). The van der Waals surface area contributed by atoms with Gasteiger partial charge in [-0.2, -0.15) is 0 Å². The minimum absolute atomic E-state index is 0.00842.